The standard InChI is InChI=1S/C14H15BrN4O/c1-10(20)6-7-16-13-8-14(18-9-17-13)19-12-4-2-11(15)3-5-12/h2-5,8-9H,6-7H2,1H3,(H2,16,17,18,19). The molecule has 1 heterocycles. The van der Waals surface area contributed by atoms with Crippen molar-refractivity contribution < 1.29 is 4.79 Å². The highest BCUT2D eigenvalue weighted by Gasteiger charge is 2.00. The smallest absolute Gasteiger partial charge is 0.135 e. The lowest BCUT2D eigenvalue weighted by atomic mass is 10.3. The maximum atomic E-state index is 10.9. The number of ketones is 1. The molecule has 0 saturated carbocycles. The average molecular weight is 335 g/mol. The van der Waals surface area contributed by atoms with Crippen LogP contribution in [0.15, 0.2) is 41.1 Å². The summed E-state index contributed by atoms with van der Waals surface area (Å²) in [7, 11) is 0. The summed E-state index contributed by atoms with van der Waals surface area (Å²) >= 11 is 3.39. The van der Waals surface area contributed by atoms with Crippen molar-refractivity contribution >= 4 is 39.0 Å². The zero-order valence-electron chi connectivity index (χ0n) is 11.1. The van der Waals surface area contributed by atoms with Gasteiger partial charge in [0.05, 0.1) is 0 Å². The Bertz CT molecular complexity index is 586. The third-order valence-corrected chi connectivity index (χ3v) is 3.10. The van der Waals surface area contributed by atoms with Gasteiger partial charge in [-0.3, -0.25) is 4.79 Å². The summed E-state index contributed by atoms with van der Waals surface area (Å²) in [5.74, 6) is 1.55. The van der Waals surface area contributed by atoms with E-state index in [0.29, 0.717) is 24.6 Å². The lowest BCUT2D eigenvalue weighted by Gasteiger charge is -2.08. The Hall–Kier alpha value is -1.95. The Morgan fingerprint density at radius 2 is 1.90 bits per heavy atom. The van der Waals surface area contributed by atoms with Gasteiger partial charge in [0.1, 0.15) is 23.7 Å². The molecular formula is C14H15BrN4O. The molecular weight excluding hydrogens is 320 g/mol. The van der Waals surface area contributed by atoms with Gasteiger partial charge in [0.2, 0.25) is 0 Å². The van der Waals surface area contributed by atoms with Gasteiger partial charge in [-0.1, -0.05) is 15.9 Å². The first-order chi connectivity index (χ1) is 9.63. The number of Topliss-reactive ketones (excluding diaryl/α,β-unsaturated/α-hetero) is 1. The van der Waals surface area contributed by atoms with Crippen molar-refractivity contribution in [3.05, 3.63) is 41.1 Å². The second kappa shape index (κ2) is 7.00. The van der Waals surface area contributed by atoms with Crippen LogP contribution in [0.25, 0.3) is 0 Å². The molecule has 5 nitrogen and oxygen atoms in total. The second-order valence-corrected chi connectivity index (χ2v) is 5.21. The van der Waals surface area contributed by atoms with Crippen molar-refractivity contribution in [3.63, 3.8) is 0 Å². The number of benzene rings is 1. The summed E-state index contributed by atoms with van der Waals surface area (Å²) in [4.78, 5) is 19.2. The maximum Gasteiger partial charge on any atom is 0.135 e. The van der Waals surface area contributed by atoms with Gasteiger partial charge in [-0.05, 0) is 31.2 Å². The minimum atomic E-state index is 0.153. The van der Waals surface area contributed by atoms with Crippen LogP contribution in [0.3, 0.4) is 0 Å². The van der Waals surface area contributed by atoms with E-state index in [1.54, 1.807) is 6.92 Å². The fourth-order valence-corrected chi connectivity index (χ4v) is 1.83. The molecule has 0 atom stereocenters. The zero-order chi connectivity index (χ0) is 14.4. The van der Waals surface area contributed by atoms with E-state index < -0.39 is 0 Å². The second-order valence-electron chi connectivity index (χ2n) is 4.30. The molecule has 1 aromatic heterocycles. The fourth-order valence-electron chi connectivity index (χ4n) is 1.57. The van der Waals surface area contributed by atoms with Gasteiger partial charge in [0, 0.05) is 29.2 Å². The SMILES string of the molecule is CC(=O)CCNc1cc(Nc2ccc(Br)cc2)ncn1. The average Bonchev–Trinajstić information content (AvgIpc) is 2.41. The normalized spacial score (nSPS) is 10.1. The summed E-state index contributed by atoms with van der Waals surface area (Å²) in [5, 5.41) is 6.28. The van der Waals surface area contributed by atoms with Crippen LogP contribution < -0.4 is 10.6 Å². The molecule has 0 aliphatic heterocycles. The minimum absolute atomic E-state index is 0.153. The number of nitrogens with one attached hydrogen (secondary N) is 2. The minimum Gasteiger partial charge on any atom is -0.369 e. The van der Waals surface area contributed by atoms with Crippen molar-refractivity contribution in [2.24, 2.45) is 0 Å². The number of hydrogen-bond acceptors (Lipinski definition) is 5. The first kappa shape index (κ1) is 14.5. The topological polar surface area (TPSA) is 66.9 Å². The van der Waals surface area contributed by atoms with Gasteiger partial charge in [0.25, 0.3) is 0 Å². The van der Waals surface area contributed by atoms with E-state index in [0.717, 1.165) is 10.2 Å². The molecule has 0 aliphatic rings. The number of halogens is 1. The molecule has 0 radical (unpaired) electrons. The zero-order valence-corrected chi connectivity index (χ0v) is 12.6. The monoisotopic (exact) mass is 334 g/mol. The number of nitrogens with zero attached hydrogens (tertiary/aromatic N) is 2. The highest BCUT2D eigenvalue weighted by atomic mass is 79.9. The molecule has 0 saturated heterocycles. The van der Waals surface area contributed by atoms with Crippen molar-refractivity contribution in [2.75, 3.05) is 17.2 Å². The quantitative estimate of drug-likeness (QED) is 0.847. The molecule has 0 aliphatic carbocycles. The van der Waals surface area contributed by atoms with E-state index in [1.807, 2.05) is 30.3 Å². The van der Waals surface area contributed by atoms with Crippen molar-refractivity contribution in [3.8, 4) is 0 Å². The first-order valence-corrected chi connectivity index (χ1v) is 7.01. The van der Waals surface area contributed by atoms with Crippen LogP contribution in [0.1, 0.15) is 13.3 Å². The Labute approximate surface area is 126 Å². The molecule has 2 rings (SSSR count). The third-order valence-electron chi connectivity index (χ3n) is 2.57. The molecule has 0 fully saturated rings. The molecule has 104 valence electrons. The number of hydrogen-bond donors (Lipinski definition) is 2. The van der Waals surface area contributed by atoms with Crippen LogP contribution in [-0.2, 0) is 4.79 Å². The van der Waals surface area contributed by atoms with Crippen LogP contribution in [0.5, 0.6) is 0 Å². The molecule has 2 aromatic rings. The van der Waals surface area contributed by atoms with Gasteiger partial charge >= 0.3 is 0 Å². The fraction of sp³-hybridized carbons (Fsp3) is 0.214. The van der Waals surface area contributed by atoms with Crippen molar-refractivity contribution in [1.82, 2.24) is 9.97 Å². The molecule has 0 amide bonds. The predicted octanol–water partition coefficient (Wildman–Crippen LogP) is 3.37. The molecule has 0 bridgehead atoms. The van der Waals surface area contributed by atoms with Gasteiger partial charge in [0.15, 0.2) is 0 Å². The summed E-state index contributed by atoms with van der Waals surface area (Å²) in [6.07, 6.45) is 1.97. The maximum absolute atomic E-state index is 10.9. The van der Waals surface area contributed by atoms with E-state index in [2.05, 4.69) is 36.5 Å². The van der Waals surface area contributed by atoms with Crippen LogP contribution in [-0.4, -0.2) is 22.3 Å². The number of carbonyl (C=O) groups excluding carboxylic acids is 1. The molecule has 20 heavy (non-hydrogen) atoms. The van der Waals surface area contributed by atoms with E-state index in [1.165, 1.54) is 6.33 Å². The lowest BCUT2D eigenvalue weighted by Crippen LogP contribution is -2.07. The van der Waals surface area contributed by atoms with Gasteiger partial charge in [-0.25, -0.2) is 9.97 Å². The van der Waals surface area contributed by atoms with Crippen molar-refractivity contribution in [1.29, 1.82) is 0 Å². The number of aromatic nitrogens is 2. The van der Waals surface area contributed by atoms with Crippen LogP contribution in [0, 0.1) is 0 Å². The van der Waals surface area contributed by atoms with E-state index in [4.69, 9.17) is 0 Å². The Kier molecular flexibility index (Phi) is 5.06. The summed E-state index contributed by atoms with van der Waals surface area (Å²) in [6, 6.07) is 9.62. The van der Waals surface area contributed by atoms with Gasteiger partial charge in [-0.2, -0.15) is 0 Å². The Balaban J connectivity index is 1.98. The third kappa shape index (κ3) is 4.62. The Morgan fingerprint density at radius 3 is 2.60 bits per heavy atom. The Morgan fingerprint density at radius 1 is 1.20 bits per heavy atom. The van der Waals surface area contributed by atoms with Crippen LogP contribution >= 0.6 is 15.9 Å². The largest absolute Gasteiger partial charge is 0.369 e. The number of anilines is 3. The van der Waals surface area contributed by atoms with Crippen molar-refractivity contribution in [2.45, 2.75) is 13.3 Å². The number of rotatable bonds is 6. The van der Waals surface area contributed by atoms with Gasteiger partial charge < -0.3 is 10.6 Å². The summed E-state index contributed by atoms with van der Waals surface area (Å²) in [6.45, 7) is 2.15. The lowest BCUT2D eigenvalue weighted by molar-refractivity contribution is -0.116. The summed E-state index contributed by atoms with van der Waals surface area (Å²) < 4.78 is 1.03. The molecule has 0 spiro atoms. The highest BCUT2D eigenvalue weighted by Crippen LogP contribution is 2.18. The van der Waals surface area contributed by atoms with Gasteiger partial charge in [-0.15, -0.1) is 0 Å². The van der Waals surface area contributed by atoms with Crippen LogP contribution in [0.4, 0.5) is 17.3 Å². The van der Waals surface area contributed by atoms with E-state index in [-0.39, 0.29) is 5.78 Å². The highest BCUT2D eigenvalue weighted by molar-refractivity contribution is 9.10. The van der Waals surface area contributed by atoms with Crippen LogP contribution in [0.2, 0.25) is 0 Å². The molecule has 2 N–H and O–H groups in total. The van der Waals surface area contributed by atoms with E-state index >= 15 is 0 Å². The van der Waals surface area contributed by atoms with E-state index in [9.17, 15) is 4.79 Å². The summed E-state index contributed by atoms with van der Waals surface area (Å²) in [5.41, 5.74) is 0.946. The predicted molar refractivity (Wildman–Crippen MR) is 83.2 cm³/mol. The number of carbonyl (C=O) groups is 1. The molecule has 1 aromatic carbocycles. The first-order valence-electron chi connectivity index (χ1n) is 6.21. The molecule has 0 unspecified atom stereocenters. The molecule has 6 heteroatoms.